The lowest BCUT2D eigenvalue weighted by molar-refractivity contribution is -0.136. The number of nitrogens with one attached hydrogen (secondary N) is 2. The van der Waals surface area contributed by atoms with E-state index in [-0.39, 0.29) is 35.2 Å². The van der Waals surface area contributed by atoms with Gasteiger partial charge in [0.2, 0.25) is 17.7 Å². The van der Waals surface area contributed by atoms with Crippen molar-refractivity contribution in [3.05, 3.63) is 80.8 Å². The molecule has 0 spiro atoms. The first kappa shape index (κ1) is 34.6. The number of amides is 3. The highest BCUT2D eigenvalue weighted by Gasteiger charge is 2.32. The largest absolute Gasteiger partial charge is 0.496 e. The zero-order chi connectivity index (χ0) is 35.6. The highest BCUT2D eigenvalue weighted by molar-refractivity contribution is 5.98. The number of methoxy groups -OCH3 is 2. The Bertz CT molecular complexity index is 1880. The molecule has 0 bridgehead atoms. The normalized spacial score (nSPS) is 19.5. The van der Waals surface area contributed by atoms with E-state index in [1.165, 1.54) is 5.56 Å². The number of benzene rings is 2. The van der Waals surface area contributed by atoms with Gasteiger partial charge in [0.15, 0.2) is 0 Å². The van der Waals surface area contributed by atoms with Crippen LogP contribution in [0.15, 0.2) is 52.4 Å². The minimum absolute atomic E-state index is 0.0315. The van der Waals surface area contributed by atoms with Gasteiger partial charge in [-0.3, -0.25) is 34.4 Å². The molecule has 0 saturated carbocycles. The van der Waals surface area contributed by atoms with Crippen molar-refractivity contribution < 1.29 is 23.9 Å². The van der Waals surface area contributed by atoms with E-state index in [1.54, 1.807) is 32.0 Å². The summed E-state index contributed by atoms with van der Waals surface area (Å²) in [6, 6.07) is 12.7. The van der Waals surface area contributed by atoms with Crippen molar-refractivity contribution in [2.24, 2.45) is 18.0 Å². The zero-order valence-electron chi connectivity index (χ0n) is 29.6. The Morgan fingerprint density at radius 1 is 1.00 bits per heavy atom. The molecule has 4 aliphatic rings. The van der Waals surface area contributed by atoms with E-state index in [0.717, 1.165) is 66.8 Å². The number of likely N-dealkylation sites (tertiary alicyclic amines) is 2. The van der Waals surface area contributed by atoms with Gasteiger partial charge in [0, 0.05) is 92.8 Å². The molecule has 3 aromatic rings. The van der Waals surface area contributed by atoms with Crippen LogP contribution in [0.1, 0.15) is 59.4 Å². The molecule has 2 aromatic carbocycles. The van der Waals surface area contributed by atoms with E-state index < -0.39 is 0 Å². The Balaban J connectivity index is 0.874. The number of pyridine rings is 1. The van der Waals surface area contributed by atoms with E-state index in [2.05, 4.69) is 44.8 Å². The molecular formula is C39H46N6O6. The van der Waals surface area contributed by atoms with Gasteiger partial charge in [-0.05, 0) is 60.4 Å². The van der Waals surface area contributed by atoms with Crippen molar-refractivity contribution in [1.29, 1.82) is 0 Å². The second-order valence-electron chi connectivity index (χ2n) is 14.2. The molecule has 0 radical (unpaired) electrons. The van der Waals surface area contributed by atoms with Crippen LogP contribution in [-0.2, 0) is 40.9 Å². The molecule has 1 unspecified atom stereocenters. The van der Waals surface area contributed by atoms with Crippen LogP contribution < -0.4 is 25.7 Å². The quantitative estimate of drug-likeness (QED) is 0.293. The first-order chi connectivity index (χ1) is 24.7. The molecule has 3 amide bonds. The number of aromatic nitrogens is 1. The van der Waals surface area contributed by atoms with Gasteiger partial charge in [-0.15, -0.1) is 0 Å². The fraction of sp³-hybridized carbons (Fsp3) is 0.462. The average Bonchev–Trinajstić information content (AvgIpc) is 3.62. The van der Waals surface area contributed by atoms with E-state index in [4.69, 9.17) is 9.47 Å². The van der Waals surface area contributed by atoms with Gasteiger partial charge in [0.05, 0.1) is 27.3 Å². The van der Waals surface area contributed by atoms with Gasteiger partial charge in [0.25, 0.3) is 5.56 Å². The third-order valence-corrected chi connectivity index (χ3v) is 10.9. The lowest BCUT2D eigenvalue weighted by atomic mass is 9.87. The third-order valence-electron chi connectivity index (χ3n) is 10.9. The van der Waals surface area contributed by atoms with Crippen LogP contribution in [0.2, 0.25) is 0 Å². The Labute approximate surface area is 297 Å². The SMILES string of the molecule is COc1cc(-c2cn(C)c(=O)c3c2C=NC3)cc(OC)c1CNC1CN(CC(=O)N2CCC(c3ccc(CC4CCC(=O)NC4=O)cc3)CC2)C1. The number of carbonyl (C=O) groups is 3. The van der Waals surface area contributed by atoms with Crippen LogP contribution in [-0.4, -0.2) is 91.3 Å². The number of aliphatic imine (C=N–C) groups is 1. The molecule has 0 aliphatic carbocycles. The summed E-state index contributed by atoms with van der Waals surface area (Å²) in [6.07, 6.45) is 7.13. The zero-order valence-corrected chi connectivity index (χ0v) is 29.6. The number of nitrogens with zero attached hydrogens (tertiary/aromatic N) is 4. The lowest BCUT2D eigenvalue weighted by Gasteiger charge is -2.41. The number of carbonyl (C=O) groups excluding carboxylic acids is 3. The molecule has 3 saturated heterocycles. The molecule has 51 heavy (non-hydrogen) atoms. The number of ether oxygens (including phenoxy) is 2. The number of fused-ring (bicyclic) bond motifs is 1. The monoisotopic (exact) mass is 694 g/mol. The number of hydrogen-bond donors (Lipinski definition) is 2. The highest BCUT2D eigenvalue weighted by atomic mass is 16.5. The van der Waals surface area contributed by atoms with Crippen LogP contribution in [0, 0.1) is 5.92 Å². The van der Waals surface area contributed by atoms with Crippen LogP contribution in [0.3, 0.4) is 0 Å². The molecule has 1 atom stereocenters. The molecule has 1 aromatic heterocycles. The van der Waals surface area contributed by atoms with E-state index in [1.807, 2.05) is 23.2 Å². The Morgan fingerprint density at radius 3 is 2.37 bits per heavy atom. The summed E-state index contributed by atoms with van der Waals surface area (Å²) in [7, 11) is 5.05. The molecule has 12 heteroatoms. The van der Waals surface area contributed by atoms with Gasteiger partial charge in [-0.2, -0.15) is 0 Å². The summed E-state index contributed by atoms with van der Waals surface area (Å²) >= 11 is 0. The maximum atomic E-state index is 13.2. The number of imide groups is 1. The number of hydrogen-bond acceptors (Lipinski definition) is 9. The van der Waals surface area contributed by atoms with E-state index in [9.17, 15) is 19.2 Å². The standard InChI is InChI=1S/C39H46N6O6/c1-43-22-33(30-17-40-18-31(30)39(43)49)28-15-34(50-2)32(35(16-28)51-3)19-41-29-20-44(21-29)23-37(47)45-12-10-26(11-13-45)25-6-4-24(5-7-25)14-27-8-9-36(46)42-38(27)48/h4-7,15-17,22,26-27,29,41H,8-14,18-21,23H2,1-3H3,(H,42,46,48). The second-order valence-corrected chi connectivity index (χ2v) is 14.2. The van der Waals surface area contributed by atoms with Crippen LogP contribution in [0.5, 0.6) is 11.5 Å². The van der Waals surface area contributed by atoms with Crippen molar-refractivity contribution in [2.75, 3.05) is 46.9 Å². The van der Waals surface area contributed by atoms with Crippen molar-refractivity contribution in [2.45, 2.75) is 57.2 Å². The minimum Gasteiger partial charge on any atom is -0.496 e. The Kier molecular flexibility index (Phi) is 10.1. The van der Waals surface area contributed by atoms with Gasteiger partial charge < -0.3 is 24.3 Å². The first-order valence-corrected chi connectivity index (χ1v) is 17.8. The number of aryl methyl sites for hydroxylation is 1. The number of piperidine rings is 2. The Morgan fingerprint density at radius 2 is 1.71 bits per heavy atom. The molecular weight excluding hydrogens is 648 g/mol. The van der Waals surface area contributed by atoms with E-state index >= 15 is 0 Å². The molecule has 12 nitrogen and oxygen atoms in total. The van der Waals surface area contributed by atoms with Gasteiger partial charge >= 0.3 is 0 Å². The lowest BCUT2D eigenvalue weighted by Crippen LogP contribution is -2.60. The Hall–Kier alpha value is -4.81. The molecule has 4 aliphatic heterocycles. The predicted octanol–water partition coefficient (Wildman–Crippen LogP) is 2.78. The van der Waals surface area contributed by atoms with Crippen molar-refractivity contribution in [1.82, 2.24) is 25.0 Å². The minimum atomic E-state index is -0.181. The smallest absolute Gasteiger partial charge is 0.256 e. The molecule has 3 fully saturated rings. The summed E-state index contributed by atoms with van der Waals surface area (Å²) in [5.41, 5.74) is 6.61. The fourth-order valence-corrected chi connectivity index (χ4v) is 7.86. The van der Waals surface area contributed by atoms with Gasteiger partial charge in [-0.25, -0.2) is 0 Å². The van der Waals surface area contributed by atoms with Crippen LogP contribution >= 0.6 is 0 Å². The van der Waals surface area contributed by atoms with E-state index in [0.29, 0.717) is 61.9 Å². The van der Waals surface area contributed by atoms with Crippen molar-refractivity contribution >= 4 is 23.9 Å². The summed E-state index contributed by atoms with van der Waals surface area (Å²) in [4.78, 5) is 57.9. The number of rotatable bonds is 11. The predicted molar refractivity (Wildman–Crippen MR) is 193 cm³/mol. The summed E-state index contributed by atoms with van der Waals surface area (Å²) < 4.78 is 13.2. The highest BCUT2D eigenvalue weighted by Crippen LogP contribution is 2.37. The van der Waals surface area contributed by atoms with Gasteiger partial charge in [0.1, 0.15) is 11.5 Å². The summed E-state index contributed by atoms with van der Waals surface area (Å²) in [6.45, 7) is 4.45. The first-order valence-electron chi connectivity index (χ1n) is 17.8. The topological polar surface area (TPSA) is 135 Å². The summed E-state index contributed by atoms with van der Waals surface area (Å²) in [5.74, 6) is 1.50. The second kappa shape index (κ2) is 14.8. The van der Waals surface area contributed by atoms with Crippen LogP contribution in [0.25, 0.3) is 11.1 Å². The molecule has 7 rings (SSSR count). The van der Waals surface area contributed by atoms with Crippen molar-refractivity contribution in [3.63, 3.8) is 0 Å². The van der Waals surface area contributed by atoms with Gasteiger partial charge in [-0.1, -0.05) is 24.3 Å². The molecule has 268 valence electrons. The molecule has 5 heterocycles. The molecule has 2 N–H and O–H groups in total. The maximum Gasteiger partial charge on any atom is 0.256 e. The maximum absolute atomic E-state index is 13.2. The summed E-state index contributed by atoms with van der Waals surface area (Å²) in [5, 5.41) is 6.06. The van der Waals surface area contributed by atoms with Crippen LogP contribution in [0.4, 0.5) is 0 Å². The third kappa shape index (κ3) is 7.34. The van der Waals surface area contributed by atoms with Crippen molar-refractivity contribution in [3.8, 4) is 22.6 Å². The average molecular weight is 695 g/mol. The fourth-order valence-electron chi connectivity index (χ4n) is 7.86.